The Kier molecular flexibility index (Phi) is 7.25. The second kappa shape index (κ2) is 7.65. The molecule has 0 aromatic heterocycles. The quantitative estimate of drug-likeness (QED) is 0.526. The van der Waals surface area contributed by atoms with E-state index in [4.69, 9.17) is 5.41 Å². The maximum absolute atomic E-state index is 8.06. The third kappa shape index (κ3) is 3.99. The molecule has 0 amide bonds. The van der Waals surface area contributed by atoms with Gasteiger partial charge in [-0.25, -0.2) is 0 Å². The summed E-state index contributed by atoms with van der Waals surface area (Å²) >= 11 is 0. The van der Waals surface area contributed by atoms with Gasteiger partial charge in [0, 0.05) is 26.2 Å². The molecule has 0 unspecified atom stereocenters. The van der Waals surface area contributed by atoms with Gasteiger partial charge in [0.15, 0.2) is 5.96 Å². The Morgan fingerprint density at radius 1 is 0.857 bits per heavy atom. The molecule has 0 aliphatic rings. The van der Waals surface area contributed by atoms with E-state index in [1.807, 2.05) is 0 Å². The predicted octanol–water partition coefficient (Wildman–Crippen LogP) is 2.38. The Hall–Kier alpha value is -0.730. The highest BCUT2D eigenvalue weighted by Crippen LogP contribution is 2.00. The lowest BCUT2D eigenvalue weighted by Crippen LogP contribution is -2.44. The molecule has 3 nitrogen and oxygen atoms in total. The van der Waals surface area contributed by atoms with Gasteiger partial charge in [-0.2, -0.15) is 0 Å². The first-order valence-corrected chi connectivity index (χ1v) is 5.79. The fourth-order valence-electron chi connectivity index (χ4n) is 1.59. The number of nitrogens with zero attached hydrogens (tertiary/aromatic N) is 2. The van der Waals surface area contributed by atoms with E-state index in [2.05, 4.69) is 37.5 Å². The Morgan fingerprint density at radius 3 is 1.57 bits per heavy atom. The van der Waals surface area contributed by atoms with Crippen LogP contribution in [0.4, 0.5) is 0 Å². The molecule has 0 bridgehead atoms. The van der Waals surface area contributed by atoms with Crippen LogP contribution in [0.1, 0.15) is 40.5 Å². The molecule has 0 heterocycles. The van der Waals surface area contributed by atoms with Crippen molar-refractivity contribution in [1.29, 1.82) is 5.41 Å². The van der Waals surface area contributed by atoms with Crippen LogP contribution >= 0.6 is 0 Å². The summed E-state index contributed by atoms with van der Waals surface area (Å²) in [4.78, 5) is 4.28. The Morgan fingerprint density at radius 2 is 1.29 bits per heavy atom. The average Bonchev–Trinajstić information content (AvgIpc) is 2.19. The third-order valence-electron chi connectivity index (χ3n) is 2.35. The van der Waals surface area contributed by atoms with Gasteiger partial charge in [0.1, 0.15) is 0 Å². The van der Waals surface area contributed by atoms with Gasteiger partial charge >= 0.3 is 0 Å². The summed E-state index contributed by atoms with van der Waals surface area (Å²) < 4.78 is 0. The van der Waals surface area contributed by atoms with E-state index in [0.29, 0.717) is 5.96 Å². The van der Waals surface area contributed by atoms with Gasteiger partial charge in [-0.15, -0.1) is 0 Å². The fraction of sp³-hybridized carbons (Fsp3) is 0.909. The molecule has 0 saturated heterocycles. The van der Waals surface area contributed by atoms with Gasteiger partial charge < -0.3 is 9.80 Å². The first-order valence-electron chi connectivity index (χ1n) is 5.79. The number of hydrogen-bond donors (Lipinski definition) is 1. The molecular weight excluding hydrogens is 174 g/mol. The minimum Gasteiger partial charge on any atom is -0.344 e. The lowest BCUT2D eigenvalue weighted by molar-refractivity contribution is 0.326. The van der Waals surface area contributed by atoms with Crippen molar-refractivity contribution >= 4 is 5.96 Å². The monoisotopic (exact) mass is 199 g/mol. The minimum atomic E-state index is 0.693. The van der Waals surface area contributed by atoms with Gasteiger partial charge in [-0.05, 0) is 26.7 Å². The molecule has 0 aliphatic heterocycles. The number of nitrogens with one attached hydrogen (secondary N) is 1. The predicted molar refractivity (Wildman–Crippen MR) is 62.8 cm³/mol. The van der Waals surface area contributed by atoms with Crippen LogP contribution in [0.25, 0.3) is 0 Å². The van der Waals surface area contributed by atoms with Crippen LogP contribution in [-0.4, -0.2) is 41.9 Å². The van der Waals surface area contributed by atoms with Crippen LogP contribution in [-0.2, 0) is 0 Å². The Labute approximate surface area is 88.6 Å². The highest BCUT2D eigenvalue weighted by atomic mass is 15.3. The number of rotatable bonds is 6. The summed E-state index contributed by atoms with van der Waals surface area (Å²) in [6.45, 7) is 12.4. The molecule has 0 aliphatic carbocycles. The molecule has 0 saturated carbocycles. The van der Waals surface area contributed by atoms with Crippen LogP contribution in [0, 0.1) is 5.41 Å². The summed E-state index contributed by atoms with van der Waals surface area (Å²) in [5.74, 6) is 0.693. The lowest BCUT2D eigenvalue weighted by Gasteiger charge is -2.31. The fourth-order valence-corrected chi connectivity index (χ4v) is 1.59. The number of hydrogen-bond acceptors (Lipinski definition) is 1. The highest BCUT2D eigenvalue weighted by Gasteiger charge is 2.12. The molecule has 0 aromatic carbocycles. The first kappa shape index (κ1) is 13.3. The van der Waals surface area contributed by atoms with Crippen molar-refractivity contribution in [2.24, 2.45) is 0 Å². The molecule has 1 N–H and O–H groups in total. The van der Waals surface area contributed by atoms with Crippen molar-refractivity contribution in [3.63, 3.8) is 0 Å². The lowest BCUT2D eigenvalue weighted by atomic mass is 10.3. The Balaban J connectivity index is 4.24. The minimum absolute atomic E-state index is 0.693. The Bertz CT molecular complexity index is 147. The molecule has 3 heteroatoms. The largest absolute Gasteiger partial charge is 0.344 e. The summed E-state index contributed by atoms with van der Waals surface area (Å²) in [5, 5.41) is 8.06. The first-order chi connectivity index (χ1) is 6.71. The van der Waals surface area contributed by atoms with E-state index in [-0.39, 0.29) is 0 Å². The van der Waals surface area contributed by atoms with Gasteiger partial charge in [0.2, 0.25) is 0 Å². The highest BCUT2D eigenvalue weighted by molar-refractivity contribution is 5.76. The van der Waals surface area contributed by atoms with E-state index in [1.54, 1.807) is 0 Å². The summed E-state index contributed by atoms with van der Waals surface area (Å²) in [6, 6.07) is 0. The van der Waals surface area contributed by atoms with Gasteiger partial charge in [0.25, 0.3) is 0 Å². The zero-order chi connectivity index (χ0) is 11.0. The summed E-state index contributed by atoms with van der Waals surface area (Å²) in [6.07, 6.45) is 2.23. The molecular formula is C11H25N3. The standard InChI is InChI=1S/C11H25N3/c1-5-9-14(10-6-2)11(12)13(7-3)8-4/h12H,5-10H2,1-4H3. The second-order valence-electron chi connectivity index (χ2n) is 3.48. The average molecular weight is 199 g/mol. The van der Waals surface area contributed by atoms with Crippen molar-refractivity contribution in [3.05, 3.63) is 0 Å². The van der Waals surface area contributed by atoms with Crippen LogP contribution in [0.5, 0.6) is 0 Å². The topological polar surface area (TPSA) is 30.3 Å². The van der Waals surface area contributed by atoms with Crippen molar-refractivity contribution in [1.82, 2.24) is 9.80 Å². The molecule has 0 rings (SSSR count). The van der Waals surface area contributed by atoms with E-state index in [0.717, 1.165) is 39.0 Å². The maximum atomic E-state index is 8.06. The molecule has 0 radical (unpaired) electrons. The van der Waals surface area contributed by atoms with Gasteiger partial charge in [-0.3, -0.25) is 5.41 Å². The zero-order valence-corrected chi connectivity index (χ0v) is 10.1. The van der Waals surface area contributed by atoms with Crippen LogP contribution in [0.3, 0.4) is 0 Å². The van der Waals surface area contributed by atoms with Crippen LogP contribution in [0.15, 0.2) is 0 Å². The molecule has 0 aromatic rings. The SMILES string of the molecule is CCCN(CCC)C(=N)N(CC)CC. The van der Waals surface area contributed by atoms with Crippen LogP contribution < -0.4 is 0 Å². The van der Waals surface area contributed by atoms with Crippen molar-refractivity contribution in [3.8, 4) is 0 Å². The smallest absolute Gasteiger partial charge is 0.193 e. The summed E-state index contributed by atoms with van der Waals surface area (Å²) in [7, 11) is 0. The third-order valence-corrected chi connectivity index (χ3v) is 2.35. The van der Waals surface area contributed by atoms with E-state index >= 15 is 0 Å². The summed E-state index contributed by atoms with van der Waals surface area (Å²) in [5.41, 5.74) is 0. The molecule has 84 valence electrons. The maximum Gasteiger partial charge on any atom is 0.193 e. The second-order valence-corrected chi connectivity index (χ2v) is 3.48. The van der Waals surface area contributed by atoms with Crippen molar-refractivity contribution < 1.29 is 0 Å². The molecule has 14 heavy (non-hydrogen) atoms. The molecule has 0 spiro atoms. The zero-order valence-electron chi connectivity index (χ0n) is 10.1. The molecule has 0 fully saturated rings. The van der Waals surface area contributed by atoms with E-state index in [1.165, 1.54) is 0 Å². The van der Waals surface area contributed by atoms with E-state index < -0.39 is 0 Å². The van der Waals surface area contributed by atoms with Gasteiger partial charge in [0.05, 0.1) is 0 Å². The molecule has 0 atom stereocenters. The number of guanidine groups is 1. The normalized spacial score (nSPS) is 10.0. The van der Waals surface area contributed by atoms with Gasteiger partial charge in [-0.1, -0.05) is 13.8 Å². The van der Waals surface area contributed by atoms with E-state index in [9.17, 15) is 0 Å². The van der Waals surface area contributed by atoms with Crippen molar-refractivity contribution in [2.45, 2.75) is 40.5 Å². The van der Waals surface area contributed by atoms with Crippen LogP contribution in [0.2, 0.25) is 0 Å². The van der Waals surface area contributed by atoms with Crippen molar-refractivity contribution in [2.75, 3.05) is 26.2 Å².